The van der Waals surface area contributed by atoms with E-state index in [0.29, 0.717) is 5.95 Å². The minimum Gasteiger partial charge on any atom is -0.368 e. The zero-order chi connectivity index (χ0) is 13.9. The first kappa shape index (κ1) is 14.1. The molecule has 0 bridgehead atoms. The van der Waals surface area contributed by atoms with Crippen molar-refractivity contribution >= 4 is 11.8 Å². The van der Waals surface area contributed by atoms with Gasteiger partial charge in [-0.25, -0.2) is 4.98 Å². The Balaban J connectivity index is 2.08. The number of nitrogens with one attached hydrogen (secondary N) is 1. The maximum Gasteiger partial charge on any atom is 0.221 e. The number of nitrogens with zero attached hydrogens (tertiary/aromatic N) is 3. The van der Waals surface area contributed by atoms with E-state index in [2.05, 4.69) is 34.3 Å². The van der Waals surface area contributed by atoms with Crippen LogP contribution in [0.3, 0.4) is 0 Å². The Labute approximate surface area is 115 Å². The first-order valence-corrected chi connectivity index (χ1v) is 7.04. The molecule has 0 aromatic carbocycles. The fraction of sp³-hybridized carbons (Fsp3) is 0.714. The summed E-state index contributed by atoms with van der Waals surface area (Å²) in [4.78, 5) is 10.6. The number of likely N-dealkylation sites (N-methyl/N-ethyl adjacent to an activating group) is 1. The molecule has 2 rings (SSSR count). The van der Waals surface area contributed by atoms with Crippen molar-refractivity contribution in [2.75, 3.05) is 31.7 Å². The van der Waals surface area contributed by atoms with Gasteiger partial charge >= 0.3 is 0 Å². The topological polar surface area (TPSA) is 67.1 Å². The van der Waals surface area contributed by atoms with Gasteiger partial charge in [-0.1, -0.05) is 19.3 Å². The number of hydrogen-bond acceptors (Lipinski definition) is 5. The fourth-order valence-corrected chi connectivity index (χ4v) is 2.87. The fourth-order valence-electron chi connectivity index (χ4n) is 2.87. The number of anilines is 2. The van der Waals surface area contributed by atoms with Crippen LogP contribution >= 0.6 is 0 Å². The molecule has 1 aliphatic rings. The van der Waals surface area contributed by atoms with E-state index in [4.69, 9.17) is 5.73 Å². The number of nitrogens with two attached hydrogens (primary N) is 1. The SMILES string of the molecule is Cc1cnc(N)nc1NCC1(N(C)C)CCCCC1. The van der Waals surface area contributed by atoms with Crippen molar-refractivity contribution in [3.8, 4) is 0 Å². The Hall–Kier alpha value is -1.36. The molecule has 0 spiro atoms. The molecule has 0 aliphatic heterocycles. The van der Waals surface area contributed by atoms with Gasteiger partial charge in [0.05, 0.1) is 0 Å². The van der Waals surface area contributed by atoms with Crippen LogP contribution in [-0.2, 0) is 0 Å². The third-order valence-electron chi connectivity index (χ3n) is 4.31. The number of nitrogen functional groups attached to an aromatic ring is 1. The Morgan fingerprint density at radius 2 is 2.00 bits per heavy atom. The molecule has 0 saturated heterocycles. The van der Waals surface area contributed by atoms with E-state index >= 15 is 0 Å². The molecule has 0 unspecified atom stereocenters. The first-order valence-electron chi connectivity index (χ1n) is 7.04. The average molecular weight is 263 g/mol. The third kappa shape index (κ3) is 3.15. The Bertz CT molecular complexity index is 424. The number of aromatic nitrogens is 2. The lowest BCUT2D eigenvalue weighted by atomic mass is 9.80. The molecule has 3 N–H and O–H groups in total. The lowest BCUT2D eigenvalue weighted by Gasteiger charge is -2.43. The minimum atomic E-state index is 0.240. The second-order valence-electron chi connectivity index (χ2n) is 5.79. The van der Waals surface area contributed by atoms with Crippen LogP contribution in [0, 0.1) is 6.92 Å². The van der Waals surface area contributed by atoms with Crippen LogP contribution in [-0.4, -0.2) is 41.0 Å². The second-order valence-corrected chi connectivity index (χ2v) is 5.79. The number of aryl methyl sites for hydroxylation is 1. The highest BCUT2D eigenvalue weighted by Gasteiger charge is 2.34. The maximum atomic E-state index is 5.66. The molecule has 19 heavy (non-hydrogen) atoms. The van der Waals surface area contributed by atoms with E-state index in [-0.39, 0.29) is 5.54 Å². The van der Waals surface area contributed by atoms with Gasteiger partial charge in [0.2, 0.25) is 5.95 Å². The van der Waals surface area contributed by atoms with Crippen molar-refractivity contribution in [3.63, 3.8) is 0 Å². The number of rotatable bonds is 4. The summed E-state index contributed by atoms with van der Waals surface area (Å²) in [6.45, 7) is 2.92. The average Bonchev–Trinajstić information content (AvgIpc) is 2.41. The van der Waals surface area contributed by atoms with Crippen LogP contribution in [0.5, 0.6) is 0 Å². The molecule has 5 heteroatoms. The van der Waals surface area contributed by atoms with Gasteiger partial charge in [0.1, 0.15) is 5.82 Å². The zero-order valence-electron chi connectivity index (χ0n) is 12.2. The van der Waals surface area contributed by atoms with Crippen molar-refractivity contribution in [1.82, 2.24) is 14.9 Å². The molecule has 1 aromatic rings. The Morgan fingerprint density at radius 3 is 2.63 bits per heavy atom. The molecule has 1 aromatic heterocycles. The number of hydrogen-bond donors (Lipinski definition) is 2. The van der Waals surface area contributed by atoms with Gasteiger partial charge in [-0.3, -0.25) is 0 Å². The summed E-state index contributed by atoms with van der Waals surface area (Å²) < 4.78 is 0. The van der Waals surface area contributed by atoms with E-state index in [9.17, 15) is 0 Å². The standard InChI is InChI=1S/C14H25N5/c1-11-9-16-13(15)18-12(11)17-10-14(19(2)3)7-5-4-6-8-14/h9H,4-8,10H2,1-3H3,(H3,15,16,17,18). The van der Waals surface area contributed by atoms with Crippen molar-refractivity contribution in [3.05, 3.63) is 11.8 Å². The molecular weight excluding hydrogens is 238 g/mol. The van der Waals surface area contributed by atoms with Crippen LogP contribution in [0.25, 0.3) is 0 Å². The van der Waals surface area contributed by atoms with Crippen molar-refractivity contribution in [2.24, 2.45) is 0 Å². The van der Waals surface area contributed by atoms with Crippen molar-refractivity contribution in [1.29, 1.82) is 0 Å². The summed E-state index contributed by atoms with van der Waals surface area (Å²) in [5, 5.41) is 3.47. The smallest absolute Gasteiger partial charge is 0.221 e. The molecule has 0 atom stereocenters. The maximum absolute atomic E-state index is 5.66. The predicted octanol–water partition coefficient (Wildman–Crippen LogP) is 2.04. The lowest BCUT2D eigenvalue weighted by molar-refractivity contribution is 0.113. The van der Waals surface area contributed by atoms with E-state index < -0.39 is 0 Å². The largest absolute Gasteiger partial charge is 0.368 e. The normalized spacial score (nSPS) is 18.5. The van der Waals surface area contributed by atoms with Gasteiger partial charge < -0.3 is 16.0 Å². The first-order chi connectivity index (χ1) is 9.03. The highest BCUT2D eigenvalue weighted by atomic mass is 15.2. The molecule has 1 saturated carbocycles. The predicted molar refractivity (Wildman–Crippen MR) is 79.2 cm³/mol. The summed E-state index contributed by atoms with van der Waals surface area (Å²) in [5.41, 5.74) is 6.94. The van der Waals surface area contributed by atoms with Crippen LogP contribution in [0.15, 0.2) is 6.20 Å². The van der Waals surface area contributed by atoms with E-state index in [0.717, 1.165) is 17.9 Å². The Kier molecular flexibility index (Phi) is 4.24. The molecule has 1 aliphatic carbocycles. The van der Waals surface area contributed by atoms with Gasteiger partial charge in [-0.15, -0.1) is 0 Å². The molecule has 1 heterocycles. The van der Waals surface area contributed by atoms with Gasteiger partial charge in [0, 0.05) is 23.8 Å². The zero-order valence-corrected chi connectivity index (χ0v) is 12.2. The quantitative estimate of drug-likeness (QED) is 0.870. The molecule has 1 fully saturated rings. The van der Waals surface area contributed by atoms with Gasteiger partial charge in [0.25, 0.3) is 0 Å². The van der Waals surface area contributed by atoms with Crippen LogP contribution in [0.4, 0.5) is 11.8 Å². The van der Waals surface area contributed by atoms with E-state index in [1.165, 1.54) is 32.1 Å². The van der Waals surface area contributed by atoms with Gasteiger partial charge in [-0.2, -0.15) is 4.98 Å². The Morgan fingerprint density at radius 1 is 1.32 bits per heavy atom. The lowest BCUT2D eigenvalue weighted by Crippen LogP contribution is -2.51. The van der Waals surface area contributed by atoms with Gasteiger partial charge in [-0.05, 0) is 33.9 Å². The minimum absolute atomic E-state index is 0.240. The monoisotopic (exact) mass is 263 g/mol. The third-order valence-corrected chi connectivity index (χ3v) is 4.31. The van der Waals surface area contributed by atoms with E-state index in [1.807, 2.05) is 6.92 Å². The van der Waals surface area contributed by atoms with Crippen LogP contribution in [0.2, 0.25) is 0 Å². The van der Waals surface area contributed by atoms with Crippen molar-refractivity contribution in [2.45, 2.75) is 44.6 Å². The van der Waals surface area contributed by atoms with E-state index in [1.54, 1.807) is 6.20 Å². The summed E-state index contributed by atoms with van der Waals surface area (Å²) in [6.07, 6.45) is 8.23. The molecule has 0 amide bonds. The highest BCUT2D eigenvalue weighted by Crippen LogP contribution is 2.32. The van der Waals surface area contributed by atoms with Gasteiger partial charge in [0.15, 0.2) is 0 Å². The van der Waals surface area contributed by atoms with Crippen molar-refractivity contribution < 1.29 is 0 Å². The summed E-state index contributed by atoms with van der Waals surface area (Å²) in [5.74, 6) is 1.19. The summed E-state index contributed by atoms with van der Waals surface area (Å²) in [6, 6.07) is 0. The van der Waals surface area contributed by atoms with Crippen LogP contribution < -0.4 is 11.1 Å². The molecule has 106 valence electrons. The summed E-state index contributed by atoms with van der Waals surface area (Å²) >= 11 is 0. The molecule has 5 nitrogen and oxygen atoms in total. The highest BCUT2D eigenvalue weighted by molar-refractivity contribution is 5.45. The molecule has 0 radical (unpaired) electrons. The summed E-state index contributed by atoms with van der Waals surface area (Å²) in [7, 11) is 4.35. The second kappa shape index (κ2) is 5.74. The van der Waals surface area contributed by atoms with Crippen LogP contribution in [0.1, 0.15) is 37.7 Å². The molecular formula is C14H25N5.